The first kappa shape index (κ1) is 21.9. The van der Waals surface area contributed by atoms with Crippen molar-refractivity contribution >= 4 is 11.9 Å². The van der Waals surface area contributed by atoms with E-state index in [0.29, 0.717) is 11.1 Å². The third kappa shape index (κ3) is 5.03. The van der Waals surface area contributed by atoms with Crippen LogP contribution in [0.25, 0.3) is 0 Å². The van der Waals surface area contributed by atoms with Crippen molar-refractivity contribution in [3.05, 3.63) is 71.8 Å². The molecule has 1 fully saturated rings. The SMILES string of the molecule is COC[C@H]1OC(O)[C@@H](OC)[C@@H](OC(=O)c2ccccc2)[C@@H]1OC(=O)c1ccccc1. The summed E-state index contributed by atoms with van der Waals surface area (Å²) in [5, 5.41) is 10.4. The van der Waals surface area contributed by atoms with Crippen LogP contribution >= 0.6 is 0 Å². The minimum Gasteiger partial charge on any atom is -0.452 e. The predicted octanol–water partition coefficient (Wildman–Crippen LogP) is 1.82. The van der Waals surface area contributed by atoms with Gasteiger partial charge in [0.1, 0.15) is 12.2 Å². The molecule has 8 nitrogen and oxygen atoms in total. The first-order valence-electron chi connectivity index (χ1n) is 9.42. The Morgan fingerprint density at radius 2 is 1.33 bits per heavy atom. The van der Waals surface area contributed by atoms with Crippen molar-refractivity contribution in [2.45, 2.75) is 30.7 Å². The number of esters is 2. The lowest BCUT2D eigenvalue weighted by molar-refractivity contribution is -0.291. The van der Waals surface area contributed by atoms with Crippen molar-refractivity contribution < 1.29 is 38.4 Å². The quantitative estimate of drug-likeness (QED) is 0.683. The van der Waals surface area contributed by atoms with Crippen LogP contribution in [0.15, 0.2) is 60.7 Å². The smallest absolute Gasteiger partial charge is 0.338 e. The van der Waals surface area contributed by atoms with Gasteiger partial charge in [-0.25, -0.2) is 9.59 Å². The third-order valence-electron chi connectivity index (χ3n) is 4.72. The van der Waals surface area contributed by atoms with Gasteiger partial charge in [0.15, 0.2) is 18.5 Å². The van der Waals surface area contributed by atoms with Gasteiger partial charge in [-0.15, -0.1) is 0 Å². The van der Waals surface area contributed by atoms with Gasteiger partial charge < -0.3 is 28.8 Å². The van der Waals surface area contributed by atoms with Gasteiger partial charge >= 0.3 is 11.9 Å². The van der Waals surface area contributed by atoms with E-state index in [4.69, 9.17) is 23.7 Å². The molecule has 1 heterocycles. The number of rotatable bonds is 7. The Hall–Kier alpha value is -2.78. The highest BCUT2D eigenvalue weighted by atomic mass is 16.7. The van der Waals surface area contributed by atoms with Crippen molar-refractivity contribution in [3.8, 4) is 0 Å². The Morgan fingerprint density at radius 3 is 1.80 bits per heavy atom. The molecule has 2 aromatic rings. The molecule has 0 amide bonds. The highest BCUT2D eigenvalue weighted by Gasteiger charge is 2.50. The van der Waals surface area contributed by atoms with Gasteiger partial charge in [-0.3, -0.25) is 0 Å². The molecule has 0 saturated carbocycles. The number of hydrogen-bond acceptors (Lipinski definition) is 8. The van der Waals surface area contributed by atoms with Gasteiger partial charge in [-0.05, 0) is 24.3 Å². The van der Waals surface area contributed by atoms with Gasteiger partial charge in [0.2, 0.25) is 0 Å². The highest BCUT2D eigenvalue weighted by molar-refractivity contribution is 5.90. The van der Waals surface area contributed by atoms with Gasteiger partial charge in [0, 0.05) is 14.2 Å². The van der Waals surface area contributed by atoms with Crippen molar-refractivity contribution in [3.63, 3.8) is 0 Å². The molecular formula is C22H24O8. The summed E-state index contributed by atoms with van der Waals surface area (Å²) in [6.45, 7) is -0.000379. The highest BCUT2D eigenvalue weighted by Crippen LogP contribution is 2.28. The van der Waals surface area contributed by atoms with Crippen molar-refractivity contribution in [1.29, 1.82) is 0 Å². The van der Waals surface area contributed by atoms with E-state index in [9.17, 15) is 14.7 Å². The maximum atomic E-state index is 12.7. The summed E-state index contributed by atoms with van der Waals surface area (Å²) in [6, 6.07) is 16.7. The summed E-state index contributed by atoms with van der Waals surface area (Å²) in [4.78, 5) is 25.4. The molecule has 1 aliphatic rings. The second kappa shape index (κ2) is 10.3. The van der Waals surface area contributed by atoms with E-state index in [1.165, 1.54) is 14.2 Å². The molecule has 5 atom stereocenters. The molecule has 1 unspecified atom stereocenters. The number of carbonyl (C=O) groups excluding carboxylic acids is 2. The van der Waals surface area contributed by atoms with Crippen LogP contribution in [0.5, 0.6) is 0 Å². The van der Waals surface area contributed by atoms with Crippen LogP contribution in [-0.2, 0) is 23.7 Å². The molecule has 1 aliphatic heterocycles. The van der Waals surface area contributed by atoms with Gasteiger partial charge in [0.05, 0.1) is 17.7 Å². The van der Waals surface area contributed by atoms with Crippen molar-refractivity contribution in [2.24, 2.45) is 0 Å². The number of hydrogen-bond donors (Lipinski definition) is 1. The molecule has 160 valence electrons. The minimum atomic E-state index is -1.41. The van der Waals surface area contributed by atoms with Gasteiger partial charge in [-0.2, -0.15) is 0 Å². The summed E-state index contributed by atoms with van der Waals surface area (Å²) < 4.78 is 27.3. The summed E-state index contributed by atoms with van der Waals surface area (Å²) >= 11 is 0. The van der Waals surface area contributed by atoms with E-state index in [0.717, 1.165) is 0 Å². The van der Waals surface area contributed by atoms with Crippen LogP contribution in [0.4, 0.5) is 0 Å². The van der Waals surface area contributed by atoms with Crippen LogP contribution in [0.2, 0.25) is 0 Å². The van der Waals surface area contributed by atoms with Crippen LogP contribution in [0.3, 0.4) is 0 Å². The van der Waals surface area contributed by atoms with E-state index in [1.807, 2.05) is 0 Å². The molecule has 0 radical (unpaired) electrons. The van der Waals surface area contributed by atoms with E-state index in [-0.39, 0.29) is 6.61 Å². The zero-order valence-corrected chi connectivity index (χ0v) is 16.7. The first-order chi connectivity index (χ1) is 14.5. The normalized spacial score (nSPS) is 26.0. The molecule has 1 N–H and O–H groups in total. The van der Waals surface area contributed by atoms with Crippen LogP contribution in [0, 0.1) is 0 Å². The predicted molar refractivity (Wildman–Crippen MR) is 105 cm³/mol. The van der Waals surface area contributed by atoms with E-state index in [1.54, 1.807) is 60.7 Å². The molecule has 3 rings (SSSR count). The number of methoxy groups -OCH3 is 2. The summed E-state index contributed by atoms with van der Waals surface area (Å²) in [6.07, 6.45) is -5.55. The maximum absolute atomic E-state index is 12.7. The average molecular weight is 416 g/mol. The largest absolute Gasteiger partial charge is 0.452 e. The Balaban J connectivity index is 1.88. The van der Waals surface area contributed by atoms with Crippen LogP contribution < -0.4 is 0 Å². The standard InChI is InChI=1S/C22H24O8/c1-26-13-16-17(29-20(23)14-9-5-3-6-10-14)18(19(27-2)22(25)28-16)30-21(24)15-11-7-4-8-12-15/h3-12,16-19,22,25H,13H2,1-2H3/t16-,17-,18+,19+,22?/m1/s1. The molecule has 0 aromatic heterocycles. The Bertz CT molecular complexity index is 826. The summed E-state index contributed by atoms with van der Waals surface area (Å²) in [7, 11) is 2.78. The molecule has 1 saturated heterocycles. The second-order valence-corrected chi connectivity index (χ2v) is 6.69. The van der Waals surface area contributed by atoms with Crippen LogP contribution in [-0.4, -0.2) is 68.6 Å². The summed E-state index contributed by atoms with van der Waals surface area (Å²) in [5.74, 6) is -1.27. The van der Waals surface area contributed by atoms with Crippen molar-refractivity contribution in [2.75, 3.05) is 20.8 Å². The van der Waals surface area contributed by atoms with Gasteiger partial charge in [-0.1, -0.05) is 36.4 Å². The maximum Gasteiger partial charge on any atom is 0.338 e. The Morgan fingerprint density at radius 1 is 0.833 bits per heavy atom. The Labute approximate surface area is 174 Å². The number of aliphatic hydroxyl groups is 1. The molecule has 0 aliphatic carbocycles. The average Bonchev–Trinajstić information content (AvgIpc) is 2.77. The molecule has 30 heavy (non-hydrogen) atoms. The minimum absolute atomic E-state index is 0.000379. The van der Waals surface area contributed by atoms with E-state index < -0.39 is 42.6 Å². The molecular weight excluding hydrogens is 392 g/mol. The van der Waals surface area contributed by atoms with E-state index >= 15 is 0 Å². The van der Waals surface area contributed by atoms with Crippen molar-refractivity contribution in [1.82, 2.24) is 0 Å². The fourth-order valence-electron chi connectivity index (χ4n) is 3.25. The molecule has 0 spiro atoms. The second-order valence-electron chi connectivity index (χ2n) is 6.69. The lowest BCUT2D eigenvalue weighted by atomic mass is 9.98. The fraction of sp³-hybridized carbons (Fsp3) is 0.364. The van der Waals surface area contributed by atoms with Gasteiger partial charge in [0.25, 0.3) is 0 Å². The number of carbonyl (C=O) groups is 2. The topological polar surface area (TPSA) is 101 Å². The molecule has 0 bridgehead atoms. The fourth-order valence-corrected chi connectivity index (χ4v) is 3.25. The molecule has 8 heteroatoms. The summed E-state index contributed by atoms with van der Waals surface area (Å²) in [5.41, 5.74) is 0.631. The molecule has 2 aromatic carbocycles. The number of benzene rings is 2. The monoisotopic (exact) mass is 416 g/mol. The number of ether oxygens (including phenoxy) is 5. The third-order valence-corrected chi connectivity index (χ3v) is 4.72. The zero-order chi connectivity index (χ0) is 21.5. The zero-order valence-electron chi connectivity index (χ0n) is 16.7. The van der Waals surface area contributed by atoms with E-state index in [2.05, 4.69) is 0 Å². The first-order valence-corrected chi connectivity index (χ1v) is 9.42. The number of aliphatic hydroxyl groups excluding tert-OH is 1. The Kier molecular flexibility index (Phi) is 7.53. The lowest BCUT2D eigenvalue weighted by Crippen LogP contribution is -2.61. The lowest BCUT2D eigenvalue weighted by Gasteiger charge is -2.42. The van der Waals surface area contributed by atoms with Crippen LogP contribution in [0.1, 0.15) is 20.7 Å².